The summed E-state index contributed by atoms with van der Waals surface area (Å²) in [6, 6.07) is 8.94. The fourth-order valence-electron chi connectivity index (χ4n) is 3.98. The molecule has 0 saturated carbocycles. The van der Waals surface area contributed by atoms with Crippen molar-refractivity contribution >= 4 is 43.9 Å². The third kappa shape index (κ3) is 5.99. The maximum atomic E-state index is 13.4. The number of fused-ring (bicyclic) bond motifs is 1. The first-order valence-corrected chi connectivity index (χ1v) is 14.1. The molecule has 0 spiro atoms. The molecule has 11 nitrogen and oxygen atoms in total. The van der Waals surface area contributed by atoms with Gasteiger partial charge in [0.1, 0.15) is 5.39 Å². The fourth-order valence-corrected chi connectivity index (χ4v) is 4.53. The molecule has 40 heavy (non-hydrogen) atoms. The van der Waals surface area contributed by atoms with Crippen molar-refractivity contribution < 1.29 is 22.5 Å². The number of allylic oxidation sites excluding steroid dienone is 1. The Balaban J connectivity index is 1.85. The molecule has 0 amide bonds. The van der Waals surface area contributed by atoms with Crippen molar-refractivity contribution in [1.29, 1.82) is 0 Å². The molecule has 0 radical (unpaired) electrons. The van der Waals surface area contributed by atoms with Crippen molar-refractivity contribution in [3.8, 4) is 5.82 Å². The lowest BCUT2D eigenvalue weighted by atomic mass is 10.0. The molecule has 1 atom stereocenters. The first-order chi connectivity index (χ1) is 18.7. The summed E-state index contributed by atoms with van der Waals surface area (Å²) in [5.74, 6) is 0.429. The number of nitrogens with one attached hydrogen (secondary N) is 1. The number of alkyl halides is 3. The lowest BCUT2D eigenvalue weighted by molar-refractivity contribution is -0.206. The summed E-state index contributed by atoms with van der Waals surface area (Å²) in [6.07, 6.45) is -1.84. The fraction of sp³-hybridized carbons (Fsp3) is 0.280. The lowest BCUT2D eigenvalue weighted by Gasteiger charge is -2.23. The Morgan fingerprint density at radius 1 is 1.23 bits per heavy atom. The van der Waals surface area contributed by atoms with E-state index in [-0.39, 0.29) is 52.1 Å². The standard InChI is InChI=1S/C25H27F3N8O3S/c1-6-12-35-23(38)17-14-29-24(30-15-10-11-18(34(2)3)16(13-15)21(37)25(26,27)28)32-22(17)36(35)20-9-7-8-19(31-20)33-40(4,5)39/h6-11,13-14,21,37H,1,12H2,2-5H3,(H,29,30,32). The summed E-state index contributed by atoms with van der Waals surface area (Å²) in [5.41, 5.74) is -0.260. The van der Waals surface area contributed by atoms with Gasteiger partial charge in [-0.3, -0.25) is 4.79 Å². The van der Waals surface area contributed by atoms with E-state index < -0.39 is 27.6 Å². The summed E-state index contributed by atoms with van der Waals surface area (Å²) >= 11 is 0. The number of aromatic nitrogens is 5. The van der Waals surface area contributed by atoms with E-state index in [9.17, 15) is 27.3 Å². The van der Waals surface area contributed by atoms with Gasteiger partial charge in [0.2, 0.25) is 5.95 Å². The Hall–Kier alpha value is -4.24. The number of rotatable bonds is 8. The molecular weight excluding hydrogens is 549 g/mol. The summed E-state index contributed by atoms with van der Waals surface area (Å²) in [5, 5.41) is 13.0. The van der Waals surface area contributed by atoms with Crippen molar-refractivity contribution in [3.63, 3.8) is 0 Å². The van der Waals surface area contributed by atoms with Gasteiger partial charge in [0.25, 0.3) is 5.56 Å². The average Bonchev–Trinajstić information content (AvgIpc) is 3.13. The first kappa shape index (κ1) is 28.8. The summed E-state index contributed by atoms with van der Waals surface area (Å²) in [7, 11) is 0.618. The molecule has 4 aromatic rings. The highest BCUT2D eigenvalue weighted by Gasteiger charge is 2.41. The maximum Gasteiger partial charge on any atom is 0.418 e. The van der Waals surface area contributed by atoms with E-state index in [1.165, 1.54) is 51.2 Å². The SMILES string of the molecule is C=CCn1c(=O)c2cnc(Nc3ccc(N(C)C)c(C(O)C(F)(F)F)c3)nc2n1-c1cccc(N=S(C)(C)=O)n1. The smallest absolute Gasteiger partial charge is 0.379 e. The van der Waals surface area contributed by atoms with Crippen LogP contribution in [0.2, 0.25) is 0 Å². The molecule has 3 aromatic heterocycles. The van der Waals surface area contributed by atoms with Crippen molar-refractivity contribution in [1.82, 2.24) is 24.3 Å². The van der Waals surface area contributed by atoms with E-state index in [2.05, 4.69) is 31.2 Å². The molecule has 4 rings (SSSR count). The number of halogens is 3. The number of benzene rings is 1. The number of anilines is 3. The van der Waals surface area contributed by atoms with Crippen molar-refractivity contribution in [2.45, 2.75) is 18.8 Å². The Bertz CT molecular complexity index is 1760. The van der Waals surface area contributed by atoms with Crippen LogP contribution < -0.4 is 15.8 Å². The van der Waals surface area contributed by atoms with Crippen molar-refractivity contribution in [2.24, 2.45) is 4.36 Å². The molecule has 0 aliphatic rings. The highest BCUT2D eigenvalue weighted by molar-refractivity contribution is 7.92. The summed E-state index contributed by atoms with van der Waals surface area (Å²) in [6.45, 7) is 3.80. The van der Waals surface area contributed by atoms with Crippen LogP contribution in [0.4, 0.5) is 36.3 Å². The van der Waals surface area contributed by atoms with Gasteiger partial charge in [-0.15, -0.1) is 6.58 Å². The number of pyridine rings is 1. The Kier molecular flexibility index (Phi) is 7.72. The number of hydrogen-bond acceptors (Lipinski definition) is 9. The van der Waals surface area contributed by atoms with Gasteiger partial charge >= 0.3 is 6.18 Å². The lowest BCUT2D eigenvalue weighted by Crippen LogP contribution is -2.23. The second-order valence-corrected chi connectivity index (χ2v) is 11.8. The van der Waals surface area contributed by atoms with E-state index in [1.54, 1.807) is 32.3 Å². The van der Waals surface area contributed by atoms with Crippen molar-refractivity contribution in [2.75, 3.05) is 36.8 Å². The van der Waals surface area contributed by atoms with E-state index in [4.69, 9.17) is 0 Å². The second-order valence-electron chi connectivity index (χ2n) is 9.28. The van der Waals surface area contributed by atoms with E-state index in [1.807, 2.05) is 0 Å². The van der Waals surface area contributed by atoms with Gasteiger partial charge in [-0.1, -0.05) is 12.1 Å². The molecule has 1 aromatic carbocycles. The predicted molar refractivity (Wildman–Crippen MR) is 148 cm³/mol. The van der Waals surface area contributed by atoms with Crippen LogP contribution in [0.3, 0.4) is 0 Å². The topological polar surface area (TPSA) is 131 Å². The monoisotopic (exact) mass is 576 g/mol. The summed E-state index contributed by atoms with van der Waals surface area (Å²) < 4.78 is 59.2. The molecule has 212 valence electrons. The number of nitrogens with zero attached hydrogens (tertiary/aromatic N) is 7. The molecule has 1 unspecified atom stereocenters. The number of aliphatic hydroxyl groups is 1. The van der Waals surface area contributed by atoms with Crippen LogP contribution in [0.1, 0.15) is 11.7 Å². The van der Waals surface area contributed by atoms with E-state index in [0.717, 1.165) is 6.07 Å². The third-order valence-electron chi connectivity index (χ3n) is 5.60. The van der Waals surface area contributed by atoms with Crippen LogP contribution in [0, 0.1) is 0 Å². The largest absolute Gasteiger partial charge is 0.418 e. The average molecular weight is 577 g/mol. The molecule has 0 fully saturated rings. The van der Waals surface area contributed by atoms with Crippen molar-refractivity contribution in [3.05, 3.63) is 71.2 Å². The zero-order valence-corrected chi connectivity index (χ0v) is 22.9. The molecule has 0 bridgehead atoms. The molecule has 0 saturated heterocycles. The normalized spacial score (nSPS) is 12.8. The molecule has 2 N–H and O–H groups in total. The number of hydrogen-bond donors (Lipinski definition) is 2. The van der Waals surface area contributed by atoms with Gasteiger partial charge in [-0.05, 0) is 30.3 Å². The van der Waals surface area contributed by atoms with Gasteiger partial charge in [0.15, 0.2) is 23.4 Å². The minimum Gasteiger partial charge on any atom is -0.379 e. The number of aliphatic hydroxyl groups excluding tert-OH is 1. The zero-order chi connectivity index (χ0) is 29.4. The second kappa shape index (κ2) is 10.7. The molecular formula is C25H27F3N8O3S. The van der Waals surface area contributed by atoms with Gasteiger partial charge in [0.05, 0.1) is 6.54 Å². The molecule has 3 heterocycles. The van der Waals surface area contributed by atoms with Gasteiger partial charge in [-0.25, -0.2) is 23.5 Å². The van der Waals surface area contributed by atoms with Crippen LogP contribution in [-0.2, 0) is 16.3 Å². The third-order valence-corrected chi connectivity index (χ3v) is 6.22. The Labute approximate surface area is 227 Å². The van der Waals surface area contributed by atoms with Crippen LogP contribution in [0.25, 0.3) is 16.9 Å². The Morgan fingerprint density at radius 3 is 2.58 bits per heavy atom. The predicted octanol–water partition coefficient (Wildman–Crippen LogP) is 3.93. The minimum atomic E-state index is -4.88. The Morgan fingerprint density at radius 2 is 1.95 bits per heavy atom. The maximum absolute atomic E-state index is 13.4. The van der Waals surface area contributed by atoms with Crippen LogP contribution in [0.15, 0.2) is 64.4 Å². The minimum absolute atomic E-state index is 0.0203. The van der Waals surface area contributed by atoms with Crippen LogP contribution >= 0.6 is 0 Å². The quantitative estimate of drug-likeness (QED) is 0.302. The van der Waals surface area contributed by atoms with Crippen LogP contribution in [0.5, 0.6) is 0 Å². The highest BCUT2D eigenvalue weighted by Crippen LogP contribution is 2.38. The van der Waals surface area contributed by atoms with Crippen LogP contribution in [-0.4, -0.2) is 66.4 Å². The van der Waals surface area contributed by atoms with E-state index in [0.29, 0.717) is 0 Å². The van der Waals surface area contributed by atoms with Gasteiger partial charge in [0, 0.05) is 59.5 Å². The van der Waals surface area contributed by atoms with Gasteiger partial charge < -0.3 is 15.3 Å². The molecule has 0 aliphatic heterocycles. The van der Waals surface area contributed by atoms with Gasteiger partial charge in [-0.2, -0.15) is 22.5 Å². The first-order valence-electron chi connectivity index (χ1n) is 11.8. The summed E-state index contributed by atoms with van der Waals surface area (Å²) in [4.78, 5) is 27.7. The molecule has 0 aliphatic carbocycles. The highest BCUT2D eigenvalue weighted by atomic mass is 32.2. The molecule has 15 heteroatoms. The zero-order valence-electron chi connectivity index (χ0n) is 22.0. The van der Waals surface area contributed by atoms with E-state index >= 15 is 0 Å².